The molecule has 0 heterocycles. The Bertz CT molecular complexity index is 683. The quantitative estimate of drug-likeness (QED) is 0.811. The third-order valence-corrected chi connectivity index (χ3v) is 4.05. The molecule has 0 aliphatic carbocycles. The summed E-state index contributed by atoms with van der Waals surface area (Å²) >= 11 is 0. The number of hydrogen-bond acceptors (Lipinski definition) is 2. The molecule has 104 valence electrons. The Balaban J connectivity index is 2.17. The van der Waals surface area contributed by atoms with Crippen LogP contribution in [0.2, 0.25) is 0 Å². The van der Waals surface area contributed by atoms with Crippen LogP contribution in [0.5, 0.6) is 0 Å². The fourth-order valence-corrected chi connectivity index (χ4v) is 2.86. The minimum atomic E-state index is -1.55. The Morgan fingerprint density at radius 1 is 1.15 bits per heavy atom. The highest BCUT2D eigenvalue weighted by Gasteiger charge is 2.16. The molecule has 0 fully saturated rings. The topological polar surface area (TPSA) is 34.1 Å². The summed E-state index contributed by atoms with van der Waals surface area (Å²) in [5.74, 6) is -2.62. The first kappa shape index (κ1) is 14.5. The lowest BCUT2D eigenvalue weighted by Gasteiger charge is -2.04. The molecule has 0 radical (unpaired) electrons. The number of Topliss-reactive ketones (excluding diaryl/α,β-unsaturated/α-hetero) is 1. The predicted octanol–water partition coefficient (Wildman–Crippen LogP) is 3.26. The van der Waals surface area contributed by atoms with Gasteiger partial charge in [-0.3, -0.25) is 9.00 Å². The maximum absolute atomic E-state index is 13.5. The first-order valence-corrected chi connectivity index (χ1v) is 7.22. The van der Waals surface area contributed by atoms with Gasteiger partial charge >= 0.3 is 0 Å². The fraction of sp³-hybridized carbons (Fsp3) is 0.133. The second kappa shape index (κ2) is 6.05. The van der Waals surface area contributed by atoms with Crippen molar-refractivity contribution in [1.82, 2.24) is 0 Å². The number of carbonyl (C=O) groups excluding carboxylic acids is 1. The van der Waals surface area contributed by atoms with Gasteiger partial charge in [-0.1, -0.05) is 12.1 Å². The molecule has 0 saturated carbocycles. The van der Waals surface area contributed by atoms with Crippen LogP contribution < -0.4 is 0 Å². The number of rotatable bonds is 4. The maximum atomic E-state index is 13.5. The highest BCUT2D eigenvalue weighted by atomic mass is 32.2. The summed E-state index contributed by atoms with van der Waals surface area (Å²) in [5.41, 5.74) is 0.684. The number of benzene rings is 2. The molecule has 0 N–H and O–H groups in total. The van der Waals surface area contributed by atoms with Crippen molar-refractivity contribution in [2.75, 3.05) is 5.75 Å². The lowest BCUT2D eigenvalue weighted by molar-refractivity contribution is 0.101. The molecule has 0 aromatic heterocycles. The van der Waals surface area contributed by atoms with E-state index < -0.39 is 28.2 Å². The van der Waals surface area contributed by atoms with Gasteiger partial charge in [0.2, 0.25) is 0 Å². The highest BCUT2D eigenvalue weighted by molar-refractivity contribution is 7.85. The number of hydrogen-bond donors (Lipinski definition) is 0. The van der Waals surface area contributed by atoms with Gasteiger partial charge in [-0.25, -0.2) is 8.78 Å². The first-order chi connectivity index (χ1) is 9.47. The van der Waals surface area contributed by atoms with E-state index >= 15 is 0 Å². The van der Waals surface area contributed by atoms with Crippen LogP contribution in [0, 0.1) is 18.6 Å². The van der Waals surface area contributed by atoms with Crippen molar-refractivity contribution in [2.45, 2.75) is 11.8 Å². The van der Waals surface area contributed by atoms with Crippen LogP contribution in [-0.4, -0.2) is 15.7 Å². The van der Waals surface area contributed by atoms with Crippen LogP contribution in [0.3, 0.4) is 0 Å². The largest absolute Gasteiger partial charge is 0.293 e. The first-order valence-electron chi connectivity index (χ1n) is 5.90. The fourth-order valence-electron chi connectivity index (χ4n) is 1.75. The van der Waals surface area contributed by atoms with E-state index in [-0.39, 0.29) is 11.3 Å². The van der Waals surface area contributed by atoms with Crippen molar-refractivity contribution < 1.29 is 17.8 Å². The molecular weight excluding hydrogens is 282 g/mol. The average molecular weight is 294 g/mol. The zero-order chi connectivity index (χ0) is 14.7. The van der Waals surface area contributed by atoms with Gasteiger partial charge in [-0.15, -0.1) is 0 Å². The summed E-state index contributed by atoms with van der Waals surface area (Å²) in [7, 11) is -1.55. The van der Waals surface area contributed by atoms with Gasteiger partial charge in [0.1, 0.15) is 11.6 Å². The van der Waals surface area contributed by atoms with Crippen molar-refractivity contribution >= 4 is 16.6 Å². The lowest BCUT2D eigenvalue weighted by atomic mass is 10.1. The van der Waals surface area contributed by atoms with E-state index in [9.17, 15) is 17.8 Å². The molecule has 0 bridgehead atoms. The predicted molar refractivity (Wildman–Crippen MR) is 73.1 cm³/mol. The number of halogens is 2. The van der Waals surface area contributed by atoms with Gasteiger partial charge in [0, 0.05) is 11.0 Å². The van der Waals surface area contributed by atoms with Gasteiger partial charge in [-0.05, 0) is 36.8 Å². The second-order valence-corrected chi connectivity index (χ2v) is 5.80. The summed E-state index contributed by atoms with van der Waals surface area (Å²) in [4.78, 5) is 12.4. The molecule has 20 heavy (non-hydrogen) atoms. The molecule has 2 rings (SSSR count). The van der Waals surface area contributed by atoms with E-state index in [1.54, 1.807) is 18.2 Å². The molecule has 1 unspecified atom stereocenters. The second-order valence-electron chi connectivity index (χ2n) is 4.35. The molecule has 0 saturated heterocycles. The molecule has 1 atom stereocenters. The Labute approximate surface area is 117 Å². The monoisotopic (exact) mass is 294 g/mol. The minimum Gasteiger partial charge on any atom is -0.293 e. The lowest BCUT2D eigenvalue weighted by Crippen LogP contribution is -2.13. The number of ketones is 1. The molecule has 0 aliphatic heterocycles. The Morgan fingerprint density at radius 3 is 2.55 bits per heavy atom. The molecule has 2 nitrogen and oxygen atoms in total. The van der Waals surface area contributed by atoms with Crippen molar-refractivity contribution in [1.29, 1.82) is 0 Å². The van der Waals surface area contributed by atoms with Gasteiger partial charge < -0.3 is 0 Å². The standard InChI is InChI=1S/C15H12F2O2S/c1-10-3-2-4-12(7-10)20(19)9-15(18)13-6-5-11(16)8-14(13)17/h2-8H,9H2,1H3. The zero-order valence-corrected chi connectivity index (χ0v) is 11.5. The van der Waals surface area contributed by atoms with E-state index in [1.165, 1.54) is 0 Å². The summed E-state index contributed by atoms with van der Waals surface area (Å²) in [6, 6.07) is 9.67. The molecule has 0 spiro atoms. The molecule has 2 aromatic rings. The van der Waals surface area contributed by atoms with E-state index in [4.69, 9.17) is 0 Å². The molecule has 2 aromatic carbocycles. The van der Waals surface area contributed by atoms with E-state index in [1.807, 2.05) is 13.0 Å². The van der Waals surface area contributed by atoms with Crippen molar-refractivity contribution in [2.24, 2.45) is 0 Å². The summed E-state index contributed by atoms with van der Waals surface area (Å²) in [6.45, 7) is 1.85. The smallest absolute Gasteiger partial charge is 0.178 e. The molecule has 0 amide bonds. The summed E-state index contributed by atoms with van der Waals surface area (Å²) < 4.78 is 38.3. The number of aryl methyl sites for hydroxylation is 1. The Kier molecular flexibility index (Phi) is 4.39. The van der Waals surface area contributed by atoms with E-state index in [2.05, 4.69) is 0 Å². The van der Waals surface area contributed by atoms with Crippen LogP contribution in [0.25, 0.3) is 0 Å². The van der Waals surface area contributed by atoms with Gasteiger partial charge in [-0.2, -0.15) is 0 Å². The highest BCUT2D eigenvalue weighted by Crippen LogP contribution is 2.14. The van der Waals surface area contributed by atoms with Gasteiger partial charge in [0.15, 0.2) is 5.78 Å². The Morgan fingerprint density at radius 2 is 1.90 bits per heavy atom. The van der Waals surface area contributed by atoms with Crippen LogP contribution in [-0.2, 0) is 10.8 Å². The van der Waals surface area contributed by atoms with Crippen molar-refractivity contribution in [3.05, 3.63) is 65.2 Å². The Hall–Kier alpha value is -1.88. The maximum Gasteiger partial charge on any atom is 0.178 e. The minimum absolute atomic E-state index is 0.243. The molecule has 0 aliphatic rings. The van der Waals surface area contributed by atoms with Crippen molar-refractivity contribution in [3.8, 4) is 0 Å². The average Bonchev–Trinajstić information content (AvgIpc) is 2.38. The summed E-state index contributed by atoms with van der Waals surface area (Å²) in [6.07, 6.45) is 0. The van der Waals surface area contributed by atoms with Crippen molar-refractivity contribution in [3.63, 3.8) is 0 Å². The van der Waals surface area contributed by atoms with Crippen LogP contribution >= 0.6 is 0 Å². The van der Waals surface area contributed by atoms with E-state index in [0.717, 1.165) is 17.7 Å². The van der Waals surface area contributed by atoms with E-state index in [0.29, 0.717) is 11.0 Å². The zero-order valence-electron chi connectivity index (χ0n) is 10.7. The SMILES string of the molecule is Cc1cccc(S(=O)CC(=O)c2ccc(F)cc2F)c1. The third kappa shape index (κ3) is 3.36. The summed E-state index contributed by atoms with van der Waals surface area (Å²) in [5, 5.41) is 0. The molecular formula is C15H12F2O2S. The van der Waals surface area contributed by atoms with Crippen LogP contribution in [0.15, 0.2) is 47.4 Å². The van der Waals surface area contributed by atoms with Gasteiger partial charge in [0.05, 0.1) is 22.1 Å². The normalized spacial score (nSPS) is 12.2. The third-order valence-electron chi connectivity index (χ3n) is 2.75. The molecule has 5 heteroatoms. The number of carbonyl (C=O) groups is 1. The van der Waals surface area contributed by atoms with Crippen LogP contribution in [0.1, 0.15) is 15.9 Å². The van der Waals surface area contributed by atoms with Crippen LogP contribution in [0.4, 0.5) is 8.78 Å². The van der Waals surface area contributed by atoms with Gasteiger partial charge in [0.25, 0.3) is 0 Å².